The Labute approximate surface area is 111 Å². The van der Waals surface area contributed by atoms with Gasteiger partial charge in [0.25, 0.3) is 0 Å². The number of fused-ring (bicyclic) bond motifs is 1. The van der Waals surface area contributed by atoms with Crippen molar-refractivity contribution in [1.82, 2.24) is 4.90 Å². The van der Waals surface area contributed by atoms with Crippen molar-refractivity contribution in [3.8, 4) is 0 Å². The van der Waals surface area contributed by atoms with Gasteiger partial charge in [-0.3, -0.25) is 4.79 Å². The fourth-order valence-corrected chi connectivity index (χ4v) is 3.58. The number of carbonyl (C=O) groups is 1. The maximum atomic E-state index is 12.1. The summed E-state index contributed by atoms with van der Waals surface area (Å²) >= 11 is 0. The lowest BCUT2D eigenvalue weighted by molar-refractivity contribution is -0.140. The van der Waals surface area contributed by atoms with Crippen molar-refractivity contribution in [2.45, 2.75) is 58.0 Å². The minimum atomic E-state index is -0.340. The van der Waals surface area contributed by atoms with Crippen molar-refractivity contribution in [3.05, 3.63) is 0 Å². The SMILES string of the molecule is CC1CCCC2CCCN(C(=O)[C@H](C)N)C12.Cl. The zero-order valence-electron chi connectivity index (χ0n) is 10.9. The minimum absolute atomic E-state index is 0. The number of piperidine rings is 1. The van der Waals surface area contributed by atoms with Gasteiger partial charge in [0.1, 0.15) is 0 Å². The average Bonchev–Trinajstić information content (AvgIpc) is 2.27. The molecule has 3 unspecified atom stereocenters. The summed E-state index contributed by atoms with van der Waals surface area (Å²) in [7, 11) is 0. The van der Waals surface area contributed by atoms with E-state index in [-0.39, 0.29) is 24.4 Å². The number of nitrogens with zero attached hydrogens (tertiary/aromatic N) is 1. The van der Waals surface area contributed by atoms with Crippen LogP contribution in [0.1, 0.15) is 46.0 Å². The Morgan fingerprint density at radius 3 is 2.59 bits per heavy atom. The van der Waals surface area contributed by atoms with Crippen LogP contribution in [0.5, 0.6) is 0 Å². The predicted molar refractivity (Wildman–Crippen MR) is 72.1 cm³/mol. The van der Waals surface area contributed by atoms with Crippen LogP contribution in [0.3, 0.4) is 0 Å². The molecule has 1 aliphatic heterocycles. The first-order valence-electron chi connectivity index (χ1n) is 6.67. The standard InChI is InChI=1S/C13H24N2O.ClH/c1-9-5-3-6-11-7-4-8-15(12(9)11)13(16)10(2)14;/h9-12H,3-8,14H2,1-2H3;1H/t9?,10-,11?,12?;/m0./s1. The molecular weight excluding hydrogens is 236 g/mol. The highest BCUT2D eigenvalue weighted by molar-refractivity contribution is 5.85. The van der Waals surface area contributed by atoms with Gasteiger partial charge < -0.3 is 10.6 Å². The third-order valence-corrected chi connectivity index (χ3v) is 4.31. The molecule has 1 saturated carbocycles. The van der Waals surface area contributed by atoms with E-state index in [0.717, 1.165) is 18.9 Å². The third-order valence-electron chi connectivity index (χ3n) is 4.31. The smallest absolute Gasteiger partial charge is 0.239 e. The molecule has 0 aromatic heterocycles. The van der Waals surface area contributed by atoms with Gasteiger partial charge in [-0.1, -0.05) is 13.3 Å². The van der Waals surface area contributed by atoms with Gasteiger partial charge in [0.05, 0.1) is 6.04 Å². The predicted octanol–water partition coefficient (Wildman–Crippen LogP) is 2.18. The fourth-order valence-electron chi connectivity index (χ4n) is 3.58. The largest absolute Gasteiger partial charge is 0.338 e. The Hall–Kier alpha value is -0.280. The molecule has 2 aliphatic rings. The number of halogens is 1. The lowest BCUT2D eigenvalue weighted by Crippen LogP contribution is -2.56. The molecular formula is C13H25ClN2O. The summed E-state index contributed by atoms with van der Waals surface area (Å²) in [5, 5.41) is 0. The first kappa shape index (κ1) is 14.8. The Balaban J connectivity index is 0.00000144. The molecule has 1 aliphatic carbocycles. The van der Waals surface area contributed by atoms with Crippen molar-refractivity contribution in [3.63, 3.8) is 0 Å². The molecule has 2 N–H and O–H groups in total. The van der Waals surface area contributed by atoms with Gasteiger partial charge in [0.2, 0.25) is 5.91 Å². The van der Waals surface area contributed by atoms with Gasteiger partial charge in [0, 0.05) is 12.6 Å². The lowest BCUT2D eigenvalue weighted by Gasteiger charge is -2.48. The van der Waals surface area contributed by atoms with Crippen molar-refractivity contribution < 1.29 is 4.79 Å². The first-order valence-corrected chi connectivity index (χ1v) is 6.67. The highest BCUT2D eigenvalue weighted by Crippen LogP contribution is 2.38. The quantitative estimate of drug-likeness (QED) is 0.786. The van der Waals surface area contributed by atoms with E-state index in [1.165, 1.54) is 25.7 Å². The molecule has 2 fully saturated rings. The Kier molecular flexibility index (Phi) is 5.26. The van der Waals surface area contributed by atoms with E-state index in [0.29, 0.717) is 12.0 Å². The highest BCUT2D eigenvalue weighted by Gasteiger charge is 2.39. The summed E-state index contributed by atoms with van der Waals surface area (Å²) in [6, 6.07) is 0.133. The van der Waals surface area contributed by atoms with Crippen molar-refractivity contribution in [2.24, 2.45) is 17.6 Å². The first-order chi connectivity index (χ1) is 7.61. The minimum Gasteiger partial charge on any atom is -0.338 e. The molecule has 1 saturated heterocycles. The van der Waals surface area contributed by atoms with Crippen LogP contribution in [0.2, 0.25) is 0 Å². The van der Waals surface area contributed by atoms with E-state index in [4.69, 9.17) is 5.73 Å². The van der Waals surface area contributed by atoms with E-state index < -0.39 is 0 Å². The topological polar surface area (TPSA) is 46.3 Å². The molecule has 0 radical (unpaired) electrons. The van der Waals surface area contributed by atoms with E-state index in [9.17, 15) is 4.79 Å². The molecule has 1 heterocycles. The van der Waals surface area contributed by atoms with Gasteiger partial charge in [-0.25, -0.2) is 0 Å². The fraction of sp³-hybridized carbons (Fsp3) is 0.923. The summed E-state index contributed by atoms with van der Waals surface area (Å²) in [6.45, 7) is 5.02. The van der Waals surface area contributed by atoms with Crippen molar-refractivity contribution in [2.75, 3.05) is 6.54 Å². The maximum Gasteiger partial charge on any atom is 0.239 e. The van der Waals surface area contributed by atoms with E-state index in [1.807, 2.05) is 0 Å². The summed E-state index contributed by atoms with van der Waals surface area (Å²) in [5.74, 6) is 1.55. The van der Waals surface area contributed by atoms with E-state index >= 15 is 0 Å². The number of likely N-dealkylation sites (tertiary alicyclic amines) is 1. The number of hydrogen-bond donors (Lipinski definition) is 1. The molecule has 4 heteroatoms. The summed E-state index contributed by atoms with van der Waals surface area (Å²) in [4.78, 5) is 14.2. The van der Waals surface area contributed by atoms with Crippen LogP contribution in [-0.4, -0.2) is 29.4 Å². The molecule has 2 rings (SSSR count). The highest BCUT2D eigenvalue weighted by atomic mass is 35.5. The number of nitrogens with two attached hydrogens (primary N) is 1. The van der Waals surface area contributed by atoms with Crippen LogP contribution < -0.4 is 5.73 Å². The summed E-state index contributed by atoms with van der Waals surface area (Å²) in [5.41, 5.74) is 5.74. The van der Waals surface area contributed by atoms with Gasteiger partial charge in [0.15, 0.2) is 0 Å². The monoisotopic (exact) mass is 260 g/mol. The molecule has 0 aromatic carbocycles. The molecule has 0 spiro atoms. The second-order valence-electron chi connectivity index (χ2n) is 5.62. The second kappa shape index (κ2) is 6.05. The van der Waals surface area contributed by atoms with Gasteiger partial charge in [-0.05, 0) is 44.4 Å². The van der Waals surface area contributed by atoms with Crippen LogP contribution >= 0.6 is 12.4 Å². The maximum absolute atomic E-state index is 12.1. The van der Waals surface area contributed by atoms with Gasteiger partial charge in [-0.2, -0.15) is 0 Å². The van der Waals surface area contributed by atoms with Gasteiger partial charge >= 0.3 is 0 Å². The average molecular weight is 261 g/mol. The molecule has 17 heavy (non-hydrogen) atoms. The van der Waals surface area contributed by atoms with Crippen LogP contribution in [0.15, 0.2) is 0 Å². The zero-order chi connectivity index (χ0) is 11.7. The normalized spacial score (nSPS) is 34.5. The van der Waals surface area contributed by atoms with E-state index in [1.54, 1.807) is 6.92 Å². The lowest BCUT2D eigenvalue weighted by atomic mass is 9.73. The Bertz CT molecular complexity index is 268. The summed E-state index contributed by atoms with van der Waals surface area (Å²) < 4.78 is 0. The third kappa shape index (κ3) is 2.94. The van der Waals surface area contributed by atoms with E-state index in [2.05, 4.69) is 11.8 Å². The van der Waals surface area contributed by atoms with Crippen LogP contribution in [0.4, 0.5) is 0 Å². The van der Waals surface area contributed by atoms with Crippen LogP contribution in [-0.2, 0) is 4.79 Å². The summed E-state index contributed by atoms with van der Waals surface area (Å²) in [6.07, 6.45) is 6.37. The van der Waals surface area contributed by atoms with Crippen molar-refractivity contribution >= 4 is 18.3 Å². The molecule has 100 valence electrons. The molecule has 0 bridgehead atoms. The zero-order valence-corrected chi connectivity index (χ0v) is 11.7. The number of carbonyl (C=O) groups excluding carboxylic acids is 1. The molecule has 0 aromatic rings. The molecule has 3 nitrogen and oxygen atoms in total. The van der Waals surface area contributed by atoms with Gasteiger partial charge in [-0.15, -0.1) is 12.4 Å². The number of hydrogen-bond acceptors (Lipinski definition) is 2. The Morgan fingerprint density at radius 1 is 1.29 bits per heavy atom. The Morgan fingerprint density at radius 2 is 1.94 bits per heavy atom. The molecule has 1 amide bonds. The van der Waals surface area contributed by atoms with Crippen LogP contribution in [0, 0.1) is 11.8 Å². The molecule has 4 atom stereocenters. The number of rotatable bonds is 1. The second-order valence-corrected chi connectivity index (χ2v) is 5.62. The van der Waals surface area contributed by atoms with Crippen molar-refractivity contribution in [1.29, 1.82) is 0 Å². The van der Waals surface area contributed by atoms with Crippen LogP contribution in [0.25, 0.3) is 0 Å². The number of amides is 1.